The van der Waals surface area contributed by atoms with E-state index in [4.69, 9.17) is 5.73 Å². The van der Waals surface area contributed by atoms with E-state index in [0.29, 0.717) is 11.6 Å². The molecule has 0 amide bonds. The van der Waals surface area contributed by atoms with E-state index in [1.807, 2.05) is 6.07 Å². The van der Waals surface area contributed by atoms with Crippen molar-refractivity contribution in [1.82, 2.24) is 9.55 Å². The summed E-state index contributed by atoms with van der Waals surface area (Å²) in [6.45, 7) is 1.61. The lowest BCUT2D eigenvalue weighted by Gasteiger charge is -2.16. The number of halogens is 2. The average molecular weight is 326 g/mol. The summed E-state index contributed by atoms with van der Waals surface area (Å²) >= 11 is 0. The fourth-order valence-electron chi connectivity index (χ4n) is 2.56. The zero-order valence-corrected chi connectivity index (χ0v) is 12.6. The van der Waals surface area contributed by atoms with Gasteiger partial charge in [-0.15, -0.1) is 0 Å². The van der Waals surface area contributed by atoms with Crippen LogP contribution in [0.3, 0.4) is 0 Å². The third-order valence-corrected chi connectivity index (χ3v) is 3.56. The summed E-state index contributed by atoms with van der Waals surface area (Å²) < 4.78 is 28.2. The minimum absolute atomic E-state index is 0.0352. The minimum atomic E-state index is -0.832. The molecule has 1 atom stereocenters. The summed E-state index contributed by atoms with van der Waals surface area (Å²) in [5, 5.41) is 9.30. The quantitative estimate of drug-likeness (QED) is 0.784. The number of nitriles is 1. The molecule has 0 spiro atoms. The van der Waals surface area contributed by atoms with Crippen molar-refractivity contribution in [2.24, 2.45) is 5.73 Å². The molecule has 0 aliphatic carbocycles. The number of rotatable bonds is 2. The summed E-state index contributed by atoms with van der Waals surface area (Å²) in [5.74, 6) is -1.52. The van der Waals surface area contributed by atoms with Gasteiger partial charge in [0, 0.05) is 6.07 Å². The number of nitrogens with two attached hydrogens (primary N) is 1. The molecule has 2 N–H and O–H groups in total. The molecule has 0 saturated heterocycles. The predicted octanol–water partition coefficient (Wildman–Crippen LogP) is 2.56. The first kappa shape index (κ1) is 15.8. The predicted molar refractivity (Wildman–Crippen MR) is 84.6 cm³/mol. The van der Waals surface area contributed by atoms with Crippen molar-refractivity contribution < 1.29 is 8.78 Å². The van der Waals surface area contributed by atoms with E-state index in [1.165, 1.54) is 6.07 Å². The standard InChI is InChI=1S/C17H12F2N4O/c1-9(21)16-22-14-4-2-3-10(8-20)15(14)17(24)23(16)13-6-11(18)5-12(19)7-13/h2-7,9H,21H2,1H3. The maximum atomic E-state index is 13.6. The Bertz CT molecular complexity index is 1030. The van der Waals surface area contributed by atoms with E-state index in [-0.39, 0.29) is 22.5 Å². The van der Waals surface area contributed by atoms with Crippen LogP contribution in [0.25, 0.3) is 16.6 Å². The molecule has 0 radical (unpaired) electrons. The molecule has 2 aromatic carbocycles. The lowest BCUT2D eigenvalue weighted by atomic mass is 10.1. The largest absolute Gasteiger partial charge is 0.322 e. The molecular weight excluding hydrogens is 314 g/mol. The molecule has 3 aromatic rings. The molecular formula is C17H12F2N4O. The molecule has 0 bridgehead atoms. The zero-order chi connectivity index (χ0) is 17.4. The highest BCUT2D eigenvalue weighted by molar-refractivity contribution is 5.84. The Balaban J connectivity index is 2.50. The Kier molecular flexibility index (Phi) is 3.83. The highest BCUT2D eigenvalue weighted by Crippen LogP contribution is 2.20. The van der Waals surface area contributed by atoms with E-state index in [0.717, 1.165) is 16.7 Å². The fourth-order valence-corrected chi connectivity index (χ4v) is 2.56. The number of fused-ring (bicyclic) bond motifs is 1. The summed E-state index contributed by atoms with van der Waals surface area (Å²) in [4.78, 5) is 17.2. The molecule has 3 rings (SSSR count). The molecule has 7 heteroatoms. The Morgan fingerprint density at radius 1 is 1.25 bits per heavy atom. The average Bonchev–Trinajstić information content (AvgIpc) is 2.52. The van der Waals surface area contributed by atoms with Gasteiger partial charge in [0.2, 0.25) is 0 Å². The van der Waals surface area contributed by atoms with Gasteiger partial charge in [0.15, 0.2) is 0 Å². The molecule has 1 unspecified atom stereocenters. The van der Waals surface area contributed by atoms with Gasteiger partial charge in [-0.25, -0.2) is 13.8 Å². The molecule has 0 fully saturated rings. The summed E-state index contributed by atoms with van der Waals surface area (Å²) in [5.41, 5.74) is 5.68. The molecule has 1 aromatic heterocycles. The van der Waals surface area contributed by atoms with Gasteiger partial charge in [-0.1, -0.05) is 6.07 Å². The number of aromatic nitrogens is 2. The van der Waals surface area contributed by atoms with E-state index < -0.39 is 23.2 Å². The van der Waals surface area contributed by atoms with Crippen LogP contribution < -0.4 is 11.3 Å². The SMILES string of the molecule is CC(N)c1nc2cccc(C#N)c2c(=O)n1-c1cc(F)cc(F)c1. The third-order valence-electron chi connectivity index (χ3n) is 3.56. The molecule has 1 heterocycles. The number of nitrogens with zero attached hydrogens (tertiary/aromatic N) is 3. The van der Waals surface area contributed by atoms with Crippen LogP contribution in [0.2, 0.25) is 0 Å². The normalized spacial score (nSPS) is 12.1. The van der Waals surface area contributed by atoms with Gasteiger partial charge in [-0.3, -0.25) is 9.36 Å². The van der Waals surface area contributed by atoms with Crippen molar-refractivity contribution in [2.75, 3.05) is 0 Å². The lowest BCUT2D eigenvalue weighted by Crippen LogP contribution is -2.28. The minimum Gasteiger partial charge on any atom is -0.322 e. The van der Waals surface area contributed by atoms with Gasteiger partial charge in [0.25, 0.3) is 5.56 Å². The summed E-state index contributed by atoms with van der Waals surface area (Å²) in [7, 11) is 0. The van der Waals surface area contributed by atoms with Crippen molar-refractivity contribution in [3.8, 4) is 11.8 Å². The molecule has 120 valence electrons. The van der Waals surface area contributed by atoms with Crippen molar-refractivity contribution in [3.05, 3.63) is 69.8 Å². The van der Waals surface area contributed by atoms with Gasteiger partial charge >= 0.3 is 0 Å². The maximum Gasteiger partial charge on any atom is 0.267 e. The van der Waals surface area contributed by atoms with Crippen molar-refractivity contribution in [1.29, 1.82) is 5.26 Å². The molecule has 0 saturated carbocycles. The van der Waals surface area contributed by atoms with E-state index in [1.54, 1.807) is 19.1 Å². The van der Waals surface area contributed by atoms with Crippen LogP contribution >= 0.6 is 0 Å². The van der Waals surface area contributed by atoms with Crippen LogP contribution in [0.15, 0.2) is 41.2 Å². The fraction of sp³-hybridized carbons (Fsp3) is 0.118. The topological polar surface area (TPSA) is 84.7 Å². The lowest BCUT2D eigenvalue weighted by molar-refractivity contribution is 0.579. The van der Waals surface area contributed by atoms with E-state index in [9.17, 15) is 18.8 Å². The van der Waals surface area contributed by atoms with Crippen molar-refractivity contribution in [2.45, 2.75) is 13.0 Å². The second kappa shape index (κ2) is 5.83. The number of hydrogen-bond acceptors (Lipinski definition) is 4. The van der Waals surface area contributed by atoms with Crippen molar-refractivity contribution in [3.63, 3.8) is 0 Å². The first-order chi connectivity index (χ1) is 11.4. The zero-order valence-electron chi connectivity index (χ0n) is 12.6. The molecule has 0 aliphatic heterocycles. The highest BCUT2D eigenvalue weighted by Gasteiger charge is 2.18. The molecule has 24 heavy (non-hydrogen) atoms. The van der Waals surface area contributed by atoms with Crippen LogP contribution in [0.4, 0.5) is 8.78 Å². The monoisotopic (exact) mass is 326 g/mol. The first-order valence-electron chi connectivity index (χ1n) is 7.10. The summed E-state index contributed by atoms with van der Waals surface area (Å²) in [6, 6.07) is 8.65. The Hall–Kier alpha value is -3.11. The summed E-state index contributed by atoms with van der Waals surface area (Å²) in [6.07, 6.45) is 0. The van der Waals surface area contributed by atoms with Crippen LogP contribution in [0.1, 0.15) is 24.4 Å². The highest BCUT2D eigenvalue weighted by atomic mass is 19.1. The Morgan fingerprint density at radius 2 is 1.92 bits per heavy atom. The number of benzene rings is 2. The third kappa shape index (κ3) is 2.53. The van der Waals surface area contributed by atoms with Gasteiger partial charge in [0.05, 0.1) is 28.2 Å². The van der Waals surface area contributed by atoms with Gasteiger partial charge in [0.1, 0.15) is 23.5 Å². The van der Waals surface area contributed by atoms with Crippen LogP contribution in [0, 0.1) is 23.0 Å². The van der Waals surface area contributed by atoms with Crippen LogP contribution in [-0.2, 0) is 0 Å². The van der Waals surface area contributed by atoms with E-state index >= 15 is 0 Å². The second-order valence-corrected chi connectivity index (χ2v) is 5.34. The van der Waals surface area contributed by atoms with Gasteiger partial charge < -0.3 is 5.73 Å². The Labute approximate surface area is 135 Å². The van der Waals surface area contributed by atoms with E-state index in [2.05, 4.69) is 4.98 Å². The van der Waals surface area contributed by atoms with Crippen LogP contribution in [-0.4, -0.2) is 9.55 Å². The van der Waals surface area contributed by atoms with Gasteiger partial charge in [-0.05, 0) is 31.2 Å². The van der Waals surface area contributed by atoms with Crippen molar-refractivity contribution >= 4 is 10.9 Å². The Morgan fingerprint density at radius 3 is 2.50 bits per heavy atom. The maximum absolute atomic E-state index is 13.6. The second-order valence-electron chi connectivity index (χ2n) is 5.34. The first-order valence-corrected chi connectivity index (χ1v) is 7.10. The van der Waals surface area contributed by atoms with Gasteiger partial charge in [-0.2, -0.15) is 5.26 Å². The molecule has 0 aliphatic rings. The van der Waals surface area contributed by atoms with Crippen LogP contribution in [0.5, 0.6) is 0 Å². The number of hydrogen-bond donors (Lipinski definition) is 1. The molecule has 5 nitrogen and oxygen atoms in total. The smallest absolute Gasteiger partial charge is 0.267 e.